The lowest BCUT2D eigenvalue weighted by molar-refractivity contribution is -0.0548. The van der Waals surface area contributed by atoms with Crippen molar-refractivity contribution in [3.05, 3.63) is 41.5 Å². The molecule has 0 radical (unpaired) electrons. The van der Waals surface area contributed by atoms with Crippen LogP contribution in [-0.2, 0) is 4.74 Å². The number of ether oxygens (including phenoxy) is 1. The summed E-state index contributed by atoms with van der Waals surface area (Å²) in [6.07, 6.45) is 9.66. The van der Waals surface area contributed by atoms with Gasteiger partial charge in [-0.05, 0) is 64.0 Å². The quantitative estimate of drug-likeness (QED) is 0.492. The molecule has 0 N–H and O–H groups in total. The summed E-state index contributed by atoms with van der Waals surface area (Å²) in [5, 5.41) is 0. The van der Waals surface area contributed by atoms with Crippen LogP contribution in [0.15, 0.2) is 30.3 Å². The molecule has 0 heterocycles. The van der Waals surface area contributed by atoms with Gasteiger partial charge in [-0.25, -0.2) is 0 Å². The molecule has 0 aliphatic heterocycles. The topological polar surface area (TPSA) is 9.23 Å². The van der Waals surface area contributed by atoms with Crippen LogP contribution in [0.4, 0.5) is 0 Å². The zero-order valence-electron chi connectivity index (χ0n) is 15.4. The summed E-state index contributed by atoms with van der Waals surface area (Å²) in [5.41, 5.74) is 2.70. The fourth-order valence-electron chi connectivity index (χ4n) is 2.60. The summed E-state index contributed by atoms with van der Waals surface area (Å²) < 4.78 is 5.93. The Morgan fingerprint density at radius 1 is 1.09 bits per heavy atom. The van der Waals surface area contributed by atoms with Crippen molar-refractivity contribution in [1.29, 1.82) is 0 Å². The average Bonchev–Trinajstić information content (AvgIpc) is 2.41. The smallest absolute Gasteiger partial charge is 0.0602 e. The minimum absolute atomic E-state index is 0.0270. The first-order valence-corrected chi connectivity index (χ1v) is 8.72. The number of allylic oxidation sites excluding steroid dienone is 1. The average molecular weight is 303 g/mol. The Kier molecular flexibility index (Phi) is 7.89. The van der Waals surface area contributed by atoms with Crippen molar-refractivity contribution in [2.45, 2.75) is 84.8 Å². The van der Waals surface area contributed by atoms with E-state index in [0.717, 1.165) is 12.8 Å². The first-order chi connectivity index (χ1) is 10.3. The molecular weight excluding hydrogens is 268 g/mol. The van der Waals surface area contributed by atoms with Crippen LogP contribution >= 0.6 is 0 Å². The summed E-state index contributed by atoms with van der Waals surface area (Å²) >= 11 is 0. The number of hydrogen-bond acceptors (Lipinski definition) is 1. The number of benzene rings is 1. The molecule has 1 atom stereocenters. The van der Waals surface area contributed by atoms with E-state index in [4.69, 9.17) is 4.74 Å². The van der Waals surface area contributed by atoms with Gasteiger partial charge in [0.05, 0.1) is 11.7 Å². The highest BCUT2D eigenvalue weighted by molar-refractivity contribution is 5.50. The molecule has 1 heteroatoms. The van der Waals surface area contributed by atoms with Gasteiger partial charge in [-0.1, -0.05) is 56.7 Å². The molecule has 0 aliphatic carbocycles. The molecule has 0 aliphatic rings. The third kappa shape index (κ3) is 8.38. The van der Waals surface area contributed by atoms with Gasteiger partial charge in [0.15, 0.2) is 0 Å². The van der Waals surface area contributed by atoms with Crippen molar-refractivity contribution in [3.63, 3.8) is 0 Å². The second-order valence-corrected chi connectivity index (χ2v) is 7.55. The van der Waals surface area contributed by atoms with Gasteiger partial charge < -0.3 is 4.74 Å². The Hall–Kier alpha value is -1.08. The van der Waals surface area contributed by atoms with E-state index in [9.17, 15) is 0 Å². The van der Waals surface area contributed by atoms with Gasteiger partial charge >= 0.3 is 0 Å². The van der Waals surface area contributed by atoms with Crippen LogP contribution < -0.4 is 0 Å². The Morgan fingerprint density at radius 2 is 1.82 bits per heavy atom. The van der Waals surface area contributed by atoms with Gasteiger partial charge in [0.25, 0.3) is 0 Å². The highest BCUT2D eigenvalue weighted by atomic mass is 16.5. The van der Waals surface area contributed by atoms with Crippen LogP contribution in [0.2, 0.25) is 0 Å². The van der Waals surface area contributed by atoms with E-state index in [1.165, 1.54) is 24.0 Å². The number of unbranched alkanes of at least 4 members (excludes halogenated alkanes) is 2. The largest absolute Gasteiger partial charge is 0.373 e. The number of rotatable bonds is 8. The van der Waals surface area contributed by atoms with Gasteiger partial charge in [0, 0.05) is 0 Å². The number of hydrogen-bond donors (Lipinski definition) is 0. The molecule has 0 saturated carbocycles. The Bertz CT molecular complexity index is 451. The maximum atomic E-state index is 5.93. The van der Waals surface area contributed by atoms with E-state index < -0.39 is 0 Å². The zero-order chi connectivity index (χ0) is 16.6. The standard InChI is InChI=1S/C21H34O/c1-17(2)20-15-11-14-19(16-20)13-10-8-7-9-12-18(3)22-21(4,5)6/h10-11,13-18H,7-9,12H2,1-6H3/b13-10+/t18-/m0/s1. The highest BCUT2D eigenvalue weighted by Crippen LogP contribution is 2.17. The van der Waals surface area contributed by atoms with Crippen LogP contribution in [0, 0.1) is 0 Å². The second kappa shape index (κ2) is 9.15. The van der Waals surface area contributed by atoms with Gasteiger partial charge in [-0.15, -0.1) is 0 Å². The molecule has 0 bridgehead atoms. The monoisotopic (exact) mass is 302 g/mol. The molecule has 0 aromatic heterocycles. The summed E-state index contributed by atoms with van der Waals surface area (Å²) in [6.45, 7) is 13.0. The van der Waals surface area contributed by atoms with Crippen molar-refractivity contribution in [1.82, 2.24) is 0 Å². The lowest BCUT2D eigenvalue weighted by Gasteiger charge is -2.25. The fraction of sp³-hybridized carbons (Fsp3) is 0.619. The Balaban J connectivity index is 2.26. The van der Waals surface area contributed by atoms with Crippen molar-refractivity contribution in [3.8, 4) is 0 Å². The molecule has 0 unspecified atom stereocenters. The Labute approximate surface area is 137 Å². The van der Waals surface area contributed by atoms with Crippen molar-refractivity contribution in [2.24, 2.45) is 0 Å². The summed E-state index contributed by atoms with van der Waals surface area (Å²) in [4.78, 5) is 0. The predicted octanol–water partition coefficient (Wildman–Crippen LogP) is 6.59. The molecule has 22 heavy (non-hydrogen) atoms. The predicted molar refractivity (Wildman–Crippen MR) is 98.3 cm³/mol. The third-order valence-corrected chi connectivity index (χ3v) is 3.67. The van der Waals surface area contributed by atoms with E-state index in [1.807, 2.05) is 0 Å². The summed E-state index contributed by atoms with van der Waals surface area (Å²) in [6, 6.07) is 8.83. The van der Waals surface area contributed by atoms with Gasteiger partial charge in [0.1, 0.15) is 0 Å². The molecule has 0 spiro atoms. The van der Waals surface area contributed by atoms with Gasteiger partial charge in [0.2, 0.25) is 0 Å². The minimum atomic E-state index is -0.0270. The van der Waals surface area contributed by atoms with Crippen LogP contribution in [0.1, 0.15) is 84.3 Å². The van der Waals surface area contributed by atoms with E-state index in [2.05, 4.69) is 78.0 Å². The summed E-state index contributed by atoms with van der Waals surface area (Å²) in [5.74, 6) is 0.595. The van der Waals surface area contributed by atoms with E-state index in [-0.39, 0.29) is 5.60 Å². The van der Waals surface area contributed by atoms with Crippen LogP contribution in [0.3, 0.4) is 0 Å². The van der Waals surface area contributed by atoms with Gasteiger partial charge in [-0.3, -0.25) is 0 Å². The minimum Gasteiger partial charge on any atom is -0.373 e. The van der Waals surface area contributed by atoms with Crippen LogP contribution in [0.5, 0.6) is 0 Å². The third-order valence-electron chi connectivity index (χ3n) is 3.67. The first-order valence-electron chi connectivity index (χ1n) is 8.72. The van der Waals surface area contributed by atoms with Crippen LogP contribution in [-0.4, -0.2) is 11.7 Å². The first kappa shape index (κ1) is 19.0. The molecule has 1 nitrogen and oxygen atoms in total. The van der Waals surface area contributed by atoms with Gasteiger partial charge in [-0.2, -0.15) is 0 Å². The molecule has 1 aromatic carbocycles. The highest BCUT2D eigenvalue weighted by Gasteiger charge is 2.14. The molecule has 0 fully saturated rings. The molecule has 124 valence electrons. The molecule has 1 rings (SSSR count). The van der Waals surface area contributed by atoms with Crippen molar-refractivity contribution >= 4 is 6.08 Å². The van der Waals surface area contributed by atoms with Crippen LogP contribution in [0.25, 0.3) is 6.08 Å². The van der Waals surface area contributed by atoms with E-state index in [1.54, 1.807) is 0 Å². The zero-order valence-corrected chi connectivity index (χ0v) is 15.4. The second-order valence-electron chi connectivity index (χ2n) is 7.55. The lowest BCUT2D eigenvalue weighted by atomic mass is 10.0. The van der Waals surface area contributed by atoms with Crippen molar-refractivity contribution < 1.29 is 4.74 Å². The molecular formula is C21H34O. The molecule has 1 aromatic rings. The van der Waals surface area contributed by atoms with Crippen molar-refractivity contribution in [2.75, 3.05) is 0 Å². The fourth-order valence-corrected chi connectivity index (χ4v) is 2.60. The van der Waals surface area contributed by atoms with E-state index in [0.29, 0.717) is 12.0 Å². The molecule has 0 amide bonds. The summed E-state index contributed by atoms with van der Waals surface area (Å²) in [7, 11) is 0. The molecule has 0 saturated heterocycles. The normalized spacial score (nSPS) is 14.0. The lowest BCUT2D eigenvalue weighted by Crippen LogP contribution is -2.25. The Morgan fingerprint density at radius 3 is 2.45 bits per heavy atom. The maximum Gasteiger partial charge on any atom is 0.0602 e. The maximum absolute atomic E-state index is 5.93. The SMILES string of the molecule is CC(C)c1cccc(/C=C/CCCC[C@H](C)OC(C)(C)C)c1. The van der Waals surface area contributed by atoms with E-state index >= 15 is 0 Å².